The lowest BCUT2D eigenvalue weighted by Crippen LogP contribution is -2.39. The number of nitrogens with two attached hydrogens (primary N) is 1. The van der Waals surface area contributed by atoms with Crippen LogP contribution in [0.2, 0.25) is 0 Å². The van der Waals surface area contributed by atoms with Gasteiger partial charge >= 0.3 is 11.9 Å². The van der Waals surface area contributed by atoms with Crippen LogP contribution in [0.3, 0.4) is 0 Å². The standard InChI is InChI=1S/C27H31N3O5.C2H4O2/c1-6-15-30(17-23(31)35-27(3,4)5)25(32)18(2)16-19-7-9-21(10-8-19)26(33)34-22-13-11-20(12-14-22)24(28)29;1-2(3)4/h6-14,16H,1,15,17H2,2-5H3,(H3,28,29);1H3,(H,3,4)/b18-16+;. The second-order valence-corrected chi connectivity index (χ2v) is 9.36. The number of carbonyl (C=O) groups excluding carboxylic acids is 3. The Morgan fingerprint density at radius 2 is 1.51 bits per heavy atom. The molecule has 0 fully saturated rings. The lowest BCUT2D eigenvalue weighted by Gasteiger charge is -2.24. The highest BCUT2D eigenvalue weighted by Gasteiger charge is 2.22. The molecule has 0 bridgehead atoms. The number of nitrogens with one attached hydrogen (secondary N) is 1. The van der Waals surface area contributed by atoms with Crippen molar-refractivity contribution in [3.63, 3.8) is 0 Å². The monoisotopic (exact) mass is 537 g/mol. The quantitative estimate of drug-likeness (QED) is 0.108. The first-order valence-electron chi connectivity index (χ1n) is 11.9. The van der Waals surface area contributed by atoms with Crippen LogP contribution < -0.4 is 10.5 Å². The molecule has 208 valence electrons. The van der Waals surface area contributed by atoms with Gasteiger partial charge in [-0.1, -0.05) is 18.2 Å². The van der Waals surface area contributed by atoms with E-state index in [4.69, 9.17) is 30.5 Å². The van der Waals surface area contributed by atoms with E-state index in [1.807, 2.05) is 0 Å². The van der Waals surface area contributed by atoms with E-state index in [1.54, 1.807) is 88.4 Å². The second kappa shape index (κ2) is 14.9. The lowest BCUT2D eigenvalue weighted by molar-refractivity contribution is -0.158. The van der Waals surface area contributed by atoms with Crippen molar-refractivity contribution >= 4 is 35.7 Å². The fraction of sp³-hybridized carbons (Fsp3) is 0.276. The minimum absolute atomic E-state index is 0.0715. The molecule has 0 aliphatic rings. The normalized spacial score (nSPS) is 10.8. The Hall–Kier alpha value is -4.73. The zero-order valence-corrected chi connectivity index (χ0v) is 22.8. The number of carbonyl (C=O) groups is 4. The van der Waals surface area contributed by atoms with Crippen LogP contribution in [0, 0.1) is 5.41 Å². The van der Waals surface area contributed by atoms with Crippen molar-refractivity contribution in [2.45, 2.75) is 40.2 Å². The van der Waals surface area contributed by atoms with Gasteiger partial charge in [-0.25, -0.2) is 4.79 Å². The van der Waals surface area contributed by atoms with E-state index >= 15 is 0 Å². The Morgan fingerprint density at radius 1 is 1.00 bits per heavy atom. The smallest absolute Gasteiger partial charge is 0.343 e. The zero-order valence-electron chi connectivity index (χ0n) is 22.8. The highest BCUT2D eigenvalue weighted by molar-refractivity contribution is 5.99. The number of hydrogen-bond acceptors (Lipinski definition) is 7. The molecule has 0 aliphatic carbocycles. The molecule has 2 aromatic carbocycles. The number of nitrogens with zero attached hydrogens (tertiary/aromatic N) is 1. The minimum atomic E-state index is -0.833. The predicted molar refractivity (Wildman–Crippen MR) is 148 cm³/mol. The number of ether oxygens (including phenoxy) is 2. The number of rotatable bonds is 9. The average molecular weight is 538 g/mol. The molecule has 0 aliphatic heterocycles. The SMILES string of the molecule is C=CCN(CC(=O)OC(C)(C)C)C(=O)/C(C)=C/c1ccc(C(=O)Oc2ccc(C(=N)N)cc2)cc1.CC(=O)O. The summed E-state index contributed by atoms with van der Waals surface area (Å²) in [5.41, 5.74) is 6.75. The summed E-state index contributed by atoms with van der Waals surface area (Å²) < 4.78 is 10.7. The van der Waals surface area contributed by atoms with Crippen molar-refractivity contribution in [1.82, 2.24) is 4.90 Å². The van der Waals surface area contributed by atoms with Gasteiger partial charge in [-0.2, -0.15) is 0 Å². The Kier molecular flexibility index (Phi) is 12.3. The average Bonchev–Trinajstić information content (AvgIpc) is 2.82. The molecule has 1 amide bonds. The molecule has 4 N–H and O–H groups in total. The molecule has 0 saturated heterocycles. The number of nitrogen functional groups attached to an aromatic ring is 1. The summed E-state index contributed by atoms with van der Waals surface area (Å²) in [5.74, 6) is -1.94. The molecule has 0 spiro atoms. The maximum absolute atomic E-state index is 12.9. The largest absolute Gasteiger partial charge is 0.481 e. The van der Waals surface area contributed by atoms with Gasteiger partial charge in [-0.05, 0) is 75.7 Å². The third-order valence-electron chi connectivity index (χ3n) is 4.62. The van der Waals surface area contributed by atoms with Crippen molar-refractivity contribution in [3.05, 3.63) is 83.4 Å². The molecule has 2 aromatic rings. The summed E-state index contributed by atoms with van der Waals surface area (Å²) in [6.07, 6.45) is 3.22. The summed E-state index contributed by atoms with van der Waals surface area (Å²) in [6, 6.07) is 12.9. The Bertz CT molecular complexity index is 1220. The van der Waals surface area contributed by atoms with Gasteiger partial charge in [0.2, 0.25) is 5.91 Å². The van der Waals surface area contributed by atoms with E-state index in [-0.39, 0.29) is 24.8 Å². The highest BCUT2D eigenvalue weighted by Crippen LogP contribution is 2.16. The molecule has 10 nitrogen and oxygen atoms in total. The molecule has 39 heavy (non-hydrogen) atoms. The van der Waals surface area contributed by atoms with Gasteiger partial charge in [0.15, 0.2) is 0 Å². The number of amides is 1. The third-order valence-corrected chi connectivity index (χ3v) is 4.62. The van der Waals surface area contributed by atoms with Crippen molar-refractivity contribution in [2.24, 2.45) is 5.73 Å². The number of carboxylic acids is 1. The maximum Gasteiger partial charge on any atom is 0.343 e. The van der Waals surface area contributed by atoms with Crippen LogP contribution in [0.5, 0.6) is 5.75 Å². The van der Waals surface area contributed by atoms with Gasteiger partial charge in [-0.3, -0.25) is 19.8 Å². The first-order chi connectivity index (χ1) is 18.1. The van der Waals surface area contributed by atoms with Crippen LogP contribution in [0.1, 0.15) is 56.1 Å². The van der Waals surface area contributed by atoms with Crippen LogP contribution in [-0.2, 0) is 19.1 Å². The van der Waals surface area contributed by atoms with Crippen LogP contribution >= 0.6 is 0 Å². The zero-order chi connectivity index (χ0) is 29.8. The van der Waals surface area contributed by atoms with Crippen LogP contribution in [-0.4, -0.2) is 58.3 Å². The lowest BCUT2D eigenvalue weighted by atomic mass is 10.1. The van der Waals surface area contributed by atoms with Gasteiger partial charge in [-0.15, -0.1) is 6.58 Å². The molecular weight excluding hydrogens is 502 g/mol. The summed E-state index contributed by atoms with van der Waals surface area (Å²) in [7, 11) is 0. The van der Waals surface area contributed by atoms with E-state index in [9.17, 15) is 14.4 Å². The number of aliphatic carboxylic acids is 1. The molecule has 2 rings (SSSR count). The van der Waals surface area contributed by atoms with Gasteiger partial charge in [0.05, 0.1) is 5.56 Å². The minimum Gasteiger partial charge on any atom is -0.481 e. The number of amidine groups is 1. The Labute approximate surface area is 228 Å². The van der Waals surface area contributed by atoms with E-state index in [2.05, 4.69) is 6.58 Å². The summed E-state index contributed by atoms with van der Waals surface area (Å²) >= 11 is 0. The van der Waals surface area contributed by atoms with Crippen molar-refractivity contribution in [1.29, 1.82) is 5.41 Å². The van der Waals surface area contributed by atoms with Crippen molar-refractivity contribution < 1.29 is 33.8 Å². The number of carboxylic acid groups (broad SMARTS) is 1. The predicted octanol–water partition coefficient (Wildman–Crippen LogP) is 4.04. The third kappa shape index (κ3) is 12.4. The topological polar surface area (TPSA) is 160 Å². The molecule has 0 atom stereocenters. The Balaban J connectivity index is 0.00000177. The van der Waals surface area contributed by atoms with Gasteiger partial charge < -0.3 is 25.2 Å². The highest BCUT2D eigenvalue weighted by atomic mass is 16.6. The van der Waals surface area contributed by atoms with Gasteiger partial charge in [0.1, 0.15) is 23.7 Å². The van der Waals surface area contributed by atoms with Crippen LogP contribution in [0.25, 0.3) is 6.08 Å². The van der Waals surface area contributed by atoms with Gasteiger partial charge in [0, 0.05) is 24.6 Å². The van der Waals surface area contributed by atoms with Crippen LogP contribution in [0.15, 0.2) is 66.8 Å². The maximum atomic E-state index is 12.9. The number of hydrogen-bond donors (Lipinski definition) is 3. The van der Waals surface area contributed by atoms with E-state index in [0.717, 1.165) is 6.92 Å². The molecule has 0 saturated carbocycles. The van der Waals surface area contributed by atoms with E-state index in [0.29, 0.717) is 28.0 Å². The molecule has 10 heteroatoms. The van der Waals surface area contributed by atoms with E-state index < -0.39 is 23.5 Å². The summed E-state index contributed by atoms with van der Waals surface area (Å²) in [6.45, 7) is 11.7. The fourth-order valence-electron chi connectivity index (χ4n) is 3.05. The second-order valence-electron chi connectivity index (χ2n) is 9.36. The van der Waals surface area contributed by atoms with Crippen LogP contribution in [0.4, 0.5) is 0 Å². The Morgan fingerprint density at radius 3 is 1.97 bits per heavy atom. The summed E-state index contributed by atoms with van der Waals surface area (Å²) in [4.78, 5) is 47.8. The fourth-order valence-corrected chi connectivity index (χ4v) is 3.05. The molecule has 0 unspecified atom stereocenters. The van der Waals surface area contributed by atoms with Crippen molar-refractivity contribution in [2.75, 3.05) is 13.1 Å². The van der Waals surface area contributed by atoms with Gasteiger partial charge in [0.25, 0.3) is 5.97 Å². The molecular formula is C29H35N3O7. The molecule has 0 radical (unpaired) electrons. The van der Waals surface area contributed by atoms with Crippen molar-refractivity contribution in [3.8, 4) is 5.75 Å². The van der Waals surface area contributed by atoms with E-state index in [1.165, 1.54) is 4.90 Å². The molecule has 0 heterocycles. The number of esters is 2. The molecule has 0 aromatic heterocycles. The summed E-state index contributed by atoms with van der Waals surface area (Å²) in [5, 5.41) is 14.8. The first kappa shape index (κ1) is 32.3. The number of benzene rings is 2. The first-order valence-corrected chi connectivity index (χ1v) is 11.9.